The molecule has 13 heteroatoms. The summed E-state index contributed by atoms with van der Waals surface area (Å²) >= 11 is 0. The normalized spacial score (nSPS) is 21.2. The van der Waals surface area contributed by atoms with Gasteiger partial charge in [0.25, 0.3) is 11.8 Å². The summed E-state index contributed by atoms with van der Waals surface area (Å²) in [6.07, 6.45) is 0. The summed E-state index contributed by atoms with van der Waals surface area (Å²) in [5.74, 6) is -1.60. The molecule has 4 atom stereocenters. The fraction of sp³-hybridized carbons (Fsp3) is 0.417. The van der Waals surface area contributed by atoms with Crippen LogP contribution in [0.4, 0.5) is 0 Å². The molecule has 3 aromatic carbocycles. The van der Waals surface area contributed by atoms with Crippen molar-refractivity contribution in [1.29, 1.82) is 0 Å². The van der Waals surface area contributed by atoms with Crippen molar-refractivity contribution in [3.8, 4) is 0 Å². The largest absolute Gasteiger partial charge is 0.344 e. The van der Waals surface area contributed by atoms with Crippen molar-refractivity contribution in [2.24, 2.45) is 23.7 Å². The molecule has 0 spiro atoms. The Morgan fingerprint density at radius 3 is 1.26 bits per heavy atom. The zero-order valence-electron chi connectivity index (χ0n) is 36.9. The Bertz CT molecular complexity index is 2300. The summed E-state index contributed by atoms with van der Waals surface area (Å²) in [6, 6.07) is 24.6. The van der Waals surface area contributed by atoms with E-state index in [1.54, 1.807) is 0 Å². The zero-order valence-corrected chi connectivity index (χ0v) is 37.8. The van der Waals surface area contributed by atoms with Gasteiger partial charge in [-0.3, -0.25) is 19.2 Å². The van der Waals surface area contributed by atoms with Crippen LogP contribution >= 0.6 is 7.92 Å². The Labute approximate surface area is 360 Å². The maximum atomic E-state index is 14.5. The number of fused-ring (bicyclic) bond motifs is 10. The van der Waals surface area contributed by atoms with Crippen LogP contribution in [0, 0.1) is 37.5 Å². The summed E-state index contributed by atoms with van der Waals surface area (Å²) in [6.45, 7) is 20.0. The topological polar surface area (TPSA) is 152 Å². The van der Waals surface area contributed by atoms with E-state index >= 15 is 0 Å². The first-order valence-corrected chi connectivity index (χ1v) is 22.8. The Morgan fingerprint density at radius 1 is 0.508 bits per heavy atom. The third kappa shape index (κ3) is 8.78. The van der Waals surface area contributed by atoms with Gasteiger partial charge in [0.05, 0.1) is 12.1 Å². The average molecular weight is 843 g/mol. The van der Waals surface area contributed by atoms with Gasteiger partial charge in [-0.15, -0.1) is 0 Å². The lowest BCUT2D eigenvalue weighted by Crippen LogP contribution is -2.52. The molecule has 8 rings (SSSR count). The molecule has 0 saturated carbocycles. The third-order valence-electron chi connectivity index (χ3n) is 11.9. The van der Waals surface area contributed by atoms with Crippen LogP contribution in [0.25, 0.3) is 0 Å². The van der Waals surface area contributed by atoms with E-state index in [-0.39, 0.29) is 46.9 Å². The molecule has 0 radical (unpaired) electrons. The van der Waals surface area contributed by atoms with E-state index in [2.05, 4.69) is 94.1 Å². The lowest BCUT2D eigenvalue weighted by Gasteiger charge is -2.28. The van der Waals surface area contributed by atoms with Crippen molar-refractivity contribution >= 4 is 47.5 Å². The average Bonchev–Trinajstić information content (AvgIpc) is 3.71. The number of rotatable bonds is 5. The van der Waals surface area contributed by atoms with Crippen molar-refractivity contribution in [2.75, 3.05) is 0 Å². The predicted octanol–water partition coefficient (Wildman–Crippen LogP) is 5.71. The van der Waals surface area contributed by atoms with Gasteiger partial charge in [0, 0.05) is 24.5 Å². The molecule has 12 nitrogen and oxygen atoms in total. The van der Waals surface area contributed by atoms with E-state index in [9.17, 15) is 19.2 Å². The van der Waals surface area contributed by atoms with Crippen LogP contribution in [0.3, 0.4) is 0 Å². The second-order valence-electron chi connectivity index (χ2n) is 17.8. The molecule has 0 saturated heterocycles. The van der Waals surface area contributed by atoms with E-state index in [1.165, 1.54) is 5.30 Å². The lowest BCUT2D eigenvalue weighted by atomic mass is 9.99. The van der Waals surface area contributed by atoms with Crippen molar-refractivity contribution in [3.05, 3.63) is 124 Å². The molecular formula is C48H59N8O4P. The van der Waals surface area contributed by atoms with Crippen LogP contribution in [0.2, 0.25) is 0 Å². The minimum absolute atomic E-state index is 0.167. The second-order valence-corrected chi connectivity index (χ2v) is 20.1. The van der Waals surface area contributed by atoms with Gasteiger partial charge in [-0.1, -0.05) is 122 Å². The Balaban J connectivity index is 1.56. The minimum Gasteiger partial charge on any atom is -0.344 e. The van der Waals surface area contributed by atoms with Gasteiger partial charge in [0.15, 0.2) is 0 Å². The molecule has 3 aliphatic rings. The lowest BCUT2D eigenvalue weighted by molar-refractivity contribution is -0.125. The minimum atomic E-state index is -1.03. The number of nitrogens with one attached hydrogen (secondary N) is 4. The number of hydrogen-bond acceptors (Lipinski definition) is 6. The monoisotopic (exact) mass is 842 g/mol. The van der Waals surface area contributed by atoms with Gasteiger partial charge in [-0.2, -0.15) is 0 Å². The highest BCUT2D eigenvalue weighted by atomic mass is 31.1. The smallest absolute Gasteiger partial charge is 0.272 e. The van der Waals surface area contributed by atoms with Gasteiger partial charge < -0.3 is 30.4 Å². The van der Waals surface area contributed by atoms with Crippen LogP contribution in [0.15, 0.2) is 78.9 Å². The quantitative estimate of drug-likeness (QED) is 0.167. The predicted molar refractivity (Wildman–Crippen MR) is 241 cm³/mol. The SMILES string of the molecule is Cc1c2nc3n1Cc1cccc(c1)P(c1ccccc1)c1cccc(c1)Cn1c(nc(c1C)C(=O)N[C@@H](C(C)C)C(=O)N[C@H]3C(C)C)[C@H](C(C)C)NC(=O)[C@H](C(C)C)NC2=O. The fourth-order valence-electron chi connectivity index (χ4n) is 8.43. The first-order valence-electron chi connectivity index (χ1n) is 21.4. The van der Waals surface area contributed by atoms with Crippen LogP contribution in [-0.2, 0) is 22.7 Å². The highest BCUT2D eigenvalue weighted by Crippen LogP contribution is 2.35. The molecule has 10 bridgehead atoms. The number of aromatic nitrogens is 4. The van der Waals surface area contributed by atoms with Crippen molar-refractivity contribution < 1.29 is 19.2 Å². The Morgan fingerprint density at radius 2 is 0.885 bits per heavy atom. The molecular weight excluding hydrogens is 784 g/mol. The van der Waals surface area contributed by atoms with Crippen LogP contribution < -0.4 is 37.2 Å². The number of nitrogens with zero attached hydrogens (tertiary/aromatic N) is 4. The molecule has 0 fully saturated rings. The van der Waals surface area contributed by atoms with E-state index in [0.29, 0.717) is 36.1 Å². The van der Waals surface area contributed by atoms with Crippen molar-refractivity contribution in [1.82, 2.24) is 40.4 Å². The molecule has 320 valence electrons. The van der Waals surface area contributed by atoms with Gasteiger partial charge in [-0.25, -0.2) is 9.97 Å². The molecule has 5 heterocycles. The van der Waals surface area contributed by atoms with Crippen LogP contribution in [-0.4, -0.2) is 54.8 Å². The first kappa shape index (κ1) is 43.5. The highest BCUT2D eigenvalue weighted by molar-refractivity contribution is 7.79. The van der Waals surface area contributed by atoms with Crippen LogP contribution in [0.5, 0.6) is 0 Å². The van der Waals surface area contributed by atoms with E-state index in [1.807, 2.05) is 84.4 Å². The molecule has 0 unspecified atom stereocenters. The molecule has 0 aliphatic carbocycles. The summed E-state index contributed by atoms with van der Waals surface area (Å²) in [5, 5.41) is 16.1. The number of carbonyl (C=O) groups excluding carboxylic acids is 4. The van der Waals surface area contributed by atoms with Gasteiger partial charge in [0.2, 0.25) is 11.8 Å². The summed E-state index contributed by atoms with van der Waals surface area (Å²) < 4.78 is 4.02. The molecule has 4 N–H and O–H groups in total. The second kappa shape index (κ2) is 17.8. The summed E-state index contributed by atoms with van der Waals surface area (Å²) in [4.78, 5) is 68.1. The van der Waals surface area contributed by atoms with Crippen molar-refractivity contribution in [2.45, 2.75) is 106 Å². The Kier molecular flexibility index (Phi) is 12.7. The maximum Gasteiger partial charge on any atom is 0.272 e. The molecule has 3 aliphatic heterocycles. The first-order chi connectivity index (χ1) is 29.0. The van der Waals surface area contributed by atoms with Crippen molar-refractivity contribution in [3.63, 3.8) is 0 Å². The van der Waals surface area contributed by atoms with E-state index < -0.39 is 43.9 Å². The standard InChI is InChI=1S/C48H59N8O4P/c1-26(2)37-43-49-41-30(9)55(43)24-32-16-14-20-35(22-32)61(34-18-12-11-13-19-34)36-21-15-17-33(23-36)25-56-31(10)42(48(60)53-39(28(5)6)45(57)51-37)50-44(56)38(27(3)4)52-46(58)40(29(7)8)54-47(41)59/h11-23,26-29,37-40H,24-25H2,1-10H3,(H,51,57)(H,52,58)(H,53,60)(H,54,59)/t37-,38-,39-,40-/m0/s1. The van der Waals surface area contributed by atoms with Crippen LogP contribution in [0.1, 0.15) is 123 Å². The molecule has 2 aromatic heterocycles. The highest BCUT2D eigenvalue weighted by Gasteiger charge is 2.37. The molecule has 4 amide bonds. The number of carbonyl (C=O) groups is 4. The molecule has 61 heavy (non-hydrogen) atoms. The van der Waals surface area contributed by atoms with Gasteiger partial charge in [0.1, 0.15) is 35.1 Å². The summed E-state index contributed by atoms with van der Waals surface area (Å²) in [5.41, 5.74) is 3.55. The number of hydrogen-bond donors (Lipinski definition) is 4. The number of amides is 4. The summed E-state index contributed by atoms with van der Waals surface area (Å²) in [7, 11) is -1.03. The fourth-order valence-corrected chi connectivity index (χ4v) is 10.9. The van der Waals surface area contributed by atoms with E-state index in [4.69, 9.17) is 9.97 Å². The zero-order chi connectivity index (χ0) is 43.9. The molecule has 5 aromatic rings. The maximum absolute atomic E-state index is 14.5. The number of imidazole rings is 2. The third-order valence-corrected chi connectivity index (χ3v) is 14.3. The van der Waals surface area contributed by atoms with Gasteiger partial charge in [-0.05, 0) is 84.6 Å². The number of benzene rings is 3. The van der Waals surface area contributed by atoms with Gasteiger partial charge >= 0.3 is 0 Å². The van der Waals surface area contributed by atoms with E-state index in [0.717, 1.165) is 21.7 Å². The Hall–Kier alpha value is -5.61.